The maximum Gasteiger partial charge on any atom is 0.0544 e. The summed E-state index contributed by atoms with van der Waals surface area (Å²) >= 11 is 0. The fourth-order valence-corrected chi connectivity index (χ4v) is 8.56. The average Bonchev–Trinajstić information content (AvgIpc) is 3.64. The molecule has 0 radical (unpaired) electrons. The molecule has 0 unspecified atom stereocenters. The molecule has 0 spiro atoms. The average molecular weight is 653 g/mol. The van der Waals surface area contributed by atoms with Crippen molar-refractivity contribution in [3.8, 4) is 27.9 Å². The van der Waals surface area contributed by atoms with Gasteiger partial charge in [0.05, 0.1) is 11.0 Å². The Balaban J connectivity index is 1.14. The van der Waals surface area contributed by atoms with Crippen molar-refractivity contribution in [3.63, 3.8) is 0 Å². The number of rotatable bonds is 5. The van der Waals surface area contributed by atoms with E-state index in [2.05, 4.69) is 205 Å². The van der Waals surface area contributed by atoms with Crippen molar-refractivity contribution in [2.75, 3.05) is 4.90 Å². The molecule has 1 heterocycles. The van der Waals surface area contributed by atoms with Crippen molar-refractivity contribution >= 4 is 49.6 Å². The third-order valence-electron chi connectivity index (χ3n) is 10.9. The quantitative estimate of drug-likeness (QED) is 0.180. The normalized spacial score (nSPS) is 13.1. The molecular weight excluding hydrogens is 617 g/mol. The minimum Gasteiger partial charge on any atom is -0.310 e. The number of hydrogen-bond donors (Lipinski definition) is 0. The Morgan fingerprint density at radius 1 is 0.451 bits per heavy atom. The molecule has 1 aromatic heterocycles. The number of anilines is 3. The molecule has 51 heavy (non-hydrogen) atoms. The fraction of sp³-hybridized carbons (Fsp3) is 0.0612. The summed E-state index contributed by atoms with van der Waals surface area (Å²) in [7, 11) is 0. The van der Waals surface area contributed by atoms with Crippen molar-refractivity contribution in [2.45, 2.75) is 19.3 Å². The third kappa shape index (κ3) is 4.57. The highest BCUT2D eigenvalue weighted by Gasteiger charge is 2.38. The highest BCUT2D eigenvalue weighted by atomic mass is 15.1. The molecule has 2 nitrogen and oxygen atoms in total. The SMILES string of the molecule is CC1(C)c2ccccc2-c2ccc3c(c21)c1cc(-c2ccc(N(c4ccccc4)c4ccc5ccccc5c4)cc2)ccc1n3-c1ccccc1. The molecule has 0 aliphatic heterocycles. The Bertz CT molecular complexity index is 2750. The van der Waals surface area contributed by atoms with Gasteiger partial charge < -0.3 is 9.47 Å². The Hall–Kier alpha value is -6.38. The maximum absolute atomic E-state index is 2.44. The van der Waals surface area contributed by atoms with Gasteiger partial charge in [-0.3, -0.25) is 0 Å². The van der Waals surface area contributed by atoms with Crippen LogP contribution in [0, 0.1) is 0 Å². The van der Waals surface area contributed by atoms with Crippen LogP contribution in [-0.4, -0.2) is 4.57 Å². The van der Waals surface area contributed by atoms with E-state index in [0.717, 1.165) is 17.1 Å². The summed E-state index contributed by atoms with van der Waals surface area (Å²) in [6.45, 7) is 4.78. The Morgan fingerprint density at radius 3 is 1.88 bits per heavy atom. The van der Waals surface area contributed by atoms with Crippen LogP contribution < -0.4 is 4.90 Å². The van der Waals surface area contributed by atoms with Crippen molar-refractivity contribution in [1.82, 2.24) is 4.57 Å². The van der Waals surface area contributed by atoms with Gasteiger partial charge >= 0.3 is 0 Å². The molecule has 8 aromatic carbocycles. The molecule has 9 aromatic rings. The minimum atomic E-state index is -0.122. The molecule has 242 valence electrons. The van der Waals surface area contributed by atoms with Crippen LogP contribution in [0.1, 0.15) is 25.0 Å². The summed E-state index contributed by atoms with van der Waals surface area (Å²) in [6.07, 6.45) is 0. The first kappa shape index (κ1) is 29.5. The van der Waals surface area contributed by atoms with Crippen LogP contribution >= 0.6 is 0 Å². The van der Waals surface area contributed by atoms with E-state index < -0.39 is 0 Å². The highest BCUT2D eigenvalue weighted by Crippen LogP contribution is 2.53. The smallest absolute Gasteiger partial charge is 0.0544 e. The van der Waals surface area contributed by atoms with Gasteiger partial charge in [-0.2, -0.15) is 0 Å². The van der Waals surface area contributed by atoms with E-state index in [0.29, 0.717) is 0 Å². The van der Waals surface area contributed by atoms with Gasteiger partial charge in [0.25, 0.3) is 0 Å². The molecule has 0 fully saturated rings. The molecule has 0 bridgehead atoms. The van der Waals surface area contributed by atoms with E-state index in [4.69, 9.17) is 0 Å². The molecule has 1 aliphatic carbocycles. The molecule has 10 rings (SSSR count). The van der Waals surface area contributed by atoms with E-state index in [1.54, 1.807) is 0 Å². The van der Waals surface area contributed by atoms with Crippen molar-refractivity contribution in [1.29, 1.82) is 0 Å². The standard InChI is InChI=1S/C49H36N2/c1-49(2)44-20-12-11-19-41(44)42-28-30-46-47(48(42)49)43-32-36(24-29-45(43)51(46)38-17-7-4-8-18-38)34-21-25-39(26-22-34)50(37-15-5-3-6-16-37)40-27-23-33-13-9-10-14-35(33)31-40/h3-32H,1-2H3. The number of fused-ring (bicyclic) bond motifs is 8. The summed E-state index contributed by atoms with van der Waals surface area (Å²) in [5.41, 5.74) is 14.8. The zero-order chi connectivity index (χ0) is 34.1. The number of hydrogen-bond acceptors (Lipinski definition) is 1. The lowest BCUT2D eigenvalue weighted by Crippen LogP contribution is -2.15. The lowest BCUT2D eigenvalue weighted by Gasteiger charge is -2.26. The van der Waals surface area contributed by atoms with Crippen LogP contribution in [0.2, 0.25) is 0 Å². The molecule has 0 amide bonds. The van der Waals surface area contributed by atoms with Gasteiger partial charge in [0, 0.05) is 38.9 Å². The monoisotopic (exact) mass is 652 g/mol. The van der Waals surface area contributed by atoms with Gasteiger partial charge in [0.15, 0.2) is 0 Å². The Morgan fingerprint density at radius 2 is 1.08 bits per heavy atom. The van der Waals surface area contributed by atoms with Gasteiger partial charge in [-0.15, -0.1) is 0 Å². The number of benzene rings is 8. The lowest BCUT2D eigenvalue weighted by molar-refractivity contribution is 0.666. The fourth-order valence-electron chi connectivity index (χ4n) is 8.56. The van der Waals surface area contributed by atoms with Gasteiger partial charge in [-0.25, -0.2) is 0 Å². The van der Waals surface area contributed by atoms with Crippen LogP contribution in [0.15, 0.2) is 182 Å². The molecular formula is C49H36N2. The first-order valence-electron chi connectivity index (χ1n) is 17.8. The minimum absolute atomic E-state index is 0.122. The second-order valence-corrected chi connectivity index (χ2v) is 14.2. The van der Waals surface area contributed by atoms with E-state index in [1.165, 1.54) is 71.6 Å². The first-order valence-corrected chi connectivity index (χ1v) is 17.8. The van der Waals surface area contributed by atoms with Crippen LogP contribution in [0.5, 0.6) is 0 Å². The number of nitrogens with zero attached hydrogens (tertiary/aromatic N) is 2. The summed E-state index contributed by atoms with van der Waals surface area (Å²) in [6, 6.07) is 66.4. The summed E-state index contributed by atoms with van der Waals surface area (Å²) in [4.78, 5) is 2.34. The second-order valence-electron chi connectivity index (χ2n) is 14.2. The van der Waals surface area contributed by atoms with Gasteiger partial charge in [0.2, 0.25) is 0 Å². The predicted octanol–water partition coefficient (Wildman–Crippen LogP) is 13.4. The number of aromatic nitrogens is 1. The molecule has 2 heteroatoms. The van der Waals surface area contributed by atoms with E-state index in [-0.39, 0.29) is 5.41 Å². The summed E-state index contributed by atoms with van der Waals surface area (Å²) in [5.74, 6) is 0. The molecule has 1 aliphatic rings. The first-order chi connectivity index (χ1) is 25.1. The molecule has 0 saturated carbocycles. The van der Waals surface area contributed by atoms with Crippen LogP contribution in [-0.2, 0) is 5.41 Å². The van der Waals surface area contributed by atoms with Crippen molar-refractivity contribution in [3.05, 3.63) is 193 Å². The van der Waals surface area contributed by atoms with E-state index >= 15 is 0 Å². The molecule has 0 saturated heterocycles. The molecule has 0 atom stereocenters. The van der Waals surface area contributed by atoms with E-state index in [9.17, 15) is 0 Å². The summed E-state index contributed by atoms with van der Waals surface area (Å²) in [5, 5.41) is 5.10. The lowest BCUT2D eigenvalue weighted by atomic mass is 9.80. The summed E-state index contributed by atoms with van der Waals surface area (Å²) < 4.78 is 2.44. The third-order valence-corrected chi connectivity index (χ3v) is 10.9. The number of para-hydroxylation sites is 2. The van der Waals surface area contributed by atoms with Crippen LogP contribution in [0.3, 0.4) is 0 Å². The van der Waals surface area contributed by atoms with Gasteiger partial charge in [-0.05, 0) is 111 Å². The topological polar surface area (TPSA) is 8.17 Å². The zero-order valence-electron chi connectivity index (χ0n) is 28.7. The molecule has 0 N–H and O–H groups in total. The van der Waals surface area contributed by atoms with Crippen LogP contribution in [0.4, 0.5) is 17.1 Å². The highest BCUT2D eigenvalue weighted by molar-refractivity contribution is 6.15. The van der Waals surface area contributed by atoms with Crippen LogP contribution in [0.25, 0.3) is 60.5 Å². The predicted molar refractivity (Wildman–Crippen MR) is 216 cm³/mol. The van der Waals surface area contributed by atoms with E-state index in [1.807, 2.05) is 0 Å². The Kier molecular flexibility index (Phi) is 6.56. The van der Waals surface area contributed by atoms with Crippen molar-refractivity contribution in [2.24, 2.45) is 0 Å². The zero-order valence-corrected chi connectivity index (χ0v) is 28.7. The maximum atomic E-state index is 2.44. The second kappa shape index (κ2) is 11.3. The largest absolute Gasteiger partial charge is 0.310 e. The Labute approximate surface area is 298 Å². The van der Waals surface area contributed by atoms with Gasteiger partial charge in [0.1, 0.15) is 0 Å². The van der Waals surface area contributed by atoms with Gasteiger partial charge in [-0.1, -0.05) is 129 Å². The van der Waals surface area contributed by atoms with Crippen molar-refractivity contribution < 1.29 is 0 Å².